The van der Waals surface area contributed by atoms with Gasteiger partial charge in [-0.1, -0.05) is 0 Å². The van der Waals surface area contributed by atoms with Crippen LogP contribution in [0.4, 0.5) is 4.79 Å². The third-order valence-corrected chi connectivity index (χ3v) is 3.61. The van der Waals surface area contributed by atoms with Gasteiger partial charge in [0.25, 0.3) is 0 Å². The second kappa shape index (κ2) is 7.64. The van der Waals surface area contributed by atoms with Gasteiger partial charge in [0.15, 0.2) is 0 Å². The van der Waals surface area contributed by atoms with Crippen molar-refractivity contribution < 1.29 is 24.2 Å². The molecule has 2 unspecified atom stereocenters. The number of methoxy groups -OCH3 is 1. The van der Waals surface area contributed by atoms with E-state index in [0.29, 0.717) is 38.8 Å². The van der Waals surface area contributed by atoms with Crippen molar-refractivity contribution in [3.8, 4) is 0 Å². The molecule has 2 atom stereocenters. The van der Waals surface area contributed by atoms with Gasteiger partial charge >= 0.3 is 12.1 Å². The molecule has 0 aromatic rings. The molecule has 0 aliphatic carbocycles. The van der Waals surface area contributed by atoms with Crippen LogP contribution in [0, 0.1) is 5.92 Å². The highest BCUT2D eigenvalue weighted by Crippen LogP contribution is 2.24. The Balaban J connectivity index is 2.51. The summed E-state index contributed by atoms with van der Waals surface area (Å²) in [6.45, 7) is 6.51. The van der Waals surface area contributed by atoms with Gasteiger partial charge in [-0.2, -0.15) is 0 Å². The summed E-state index contributed by atoms with van der Waals surface area (Å²) in [5.41, 5.74) is -0.522. The summed E-state index contributed by atoms with van der Waals surface area (Å²) in [5, 5.41) is 10.1. The molecule has 0 radical (unpaired) electrons. The lowest BCUT2D eigenvalue weighted by atomic mass is 9.92. The van der Waals surface area contributed by atoms with Crippen molar-refractivity contribution in [1.82, 2.24) is 4.90 Å². The van der Waals surface area contributed by atoms with Crippen molar-refractivity contribution in [2.24, 2.45) is 5.92 Å². The number of nitrogens with zero attached hydrogens (tertiary/aromatic N) is 1. The maximum Gasteiger partial charge on any atom is 0.410 e. The third kappa shape index (κ3) is 6.33. The molecule has 0 spiro atoms. The molecular formula is C15H27NO5. The maximum atomic E-state index is 12.0. The zero-order valence-corrected chi connectivity index (χ0v) is 13.4. The minimum absolute atomic E-state index is 0.0107. The number of hydrogen-bond donors (Lipinski definition) is 1. The lowest BCUT2D eigenvalue weighted by Gasteiger charge is -2.26. The fourth-order valence-corrected chi connectivity index (χ4v) is 2.40. The highest BCUT2D eigenvalue weighted by Gasteiger charge is 2.29. The summed E-state index contributed by atoms with van der Waals surface area (Å²) in [4.78, 5) is 24.9. The van der Waals surface area contributed by atoms with Gasteiger partial charge in [0.05, 0.1) is 13.2 Å². The molecule has 6 heteroatoms. The van der Waals surface area contributed by atoms with Crippen LogP contribution < -0.4 is 0 Å². The first kappa shape index (κ1) is 17.8. The maximum absolute atomic E-state index is 12.0. The largest absolute Gasteiger partial charge is 0.469 e. The topological polar surface area (TPSA) is 76.1 Å². The molecule has 0 bridgehead atoms. The Morgan fingerprint density at radius 2 is 1.86 bits per heavy atom. The standard InChI is InChI=1S/C15H27NO5/c1-15(2,3)21-14(19)16-9-7-11(12(17)8-10-16)5-6-13(18)20-4/h11-12,17H,5-10H2,1-4H3. The Bertz CT molecular complexity index is 364. The molecule has 0 aromatic carbocycles. The fraction of sp³-hybridized carbons (Fsp3) is 0.867. The van der Waals surface area contributed by atoms with Crippen LogP contribution >= 0.6 is 0 Å². The van der Waals surface area contributed by atoms with E-state index in [9.17, 15) is 14.7 Å². The Hall–Kier alpha value is -1.30. The van der Waals surface area contributed by atoms with E-state index in [1.807, 2.05) is 20.8 Å². The number of rotatable bonds is 3. The number of ether oxygens (including phenoxy) is 2. The number of amides is 1. The van der Waals surface area contributed by atoms with Crippen molar-refractivity contribution >= 4 is 12.1 Å². The lowest BCUT2D eigenvalue weighted by molar-refractivity contribution is -0.141. The lowest BCUT2D eigenvalue weighted by Crippen LogP contribution is -2.37. The summed E-state index contributed by atoms with van der Waals surface area (Å²) in [7, 11) is 1.36. The van der Waals surface area contributed by atoms with Crippen LogP contribution in [-0.2, 0) is 14.3 Å². The van der Waals surface area contributed by atoms with Gasteiger partial charge in [0.2, 0.25) is 0 Å². The minimum Gasteiger partial charge on any atom is -0.469 e. The van der Waals surface area contributed by atoms with Gasteiger partial charge < -0.3 is 19.5 Å². The molecule has 1 aliphatic rings. The average Bonchev–Trinajstić information content (AvgIpc) is 2.56. The van der Waals surface area contributed by atoms with Gasteiger partial charge in [-0.25, -0.2) is 4.79 Å². The zero-order valence-electron chi connectivity index (χ0n) is 13.4. The molecule has 122 valence electrons. The van der Waals surface area contributed by atoms with E-state index in [0.717, 1.165) is 0 Å². The molecule has 1 amide bonds. The van der Waals surface area contributed by atoms with Crippen LogP contribution in [0.2, 0.25) is 0 Å². The quantitative estimate of drug-likeness (QED) is 0.806. The number of esters is 1. The van der Waals surface area contributed by atoms with Gasteiger partial charge in [-0.05, 0) is 46.0 Å². The number of aliphatic hydroxyl groups is 1. The number of carbonyl (C=O) groups is 2. The van der Waals surface area contributed by atoms with E-state index in [1.165, 1.54) is 7.11 Å². The van der Waals surface area contributed by atoms with Crippen molar-refractivity contribution in [2.45, 2.75) is 58.2 Å². The Morgan fingerprint density at radius 3 is 2.43 bits per heavy atom. The first-order valence-electron chi connectivity index (χ1n) is 7.45. The molecule has 6 nitrogen and oxygen atoms in total. The minimum atomic E-state index is -0.522. The molecule has 1 fully saturated rings. The van der Waals surface area contributed by atoms with Crippen molar-refractivity contribution in [1.29, 1.82) is 0 Å². The number of hydrogen-bond acceptors (Lipinski definition) is 5. The van der Waals surface area contributed by atoms with Crippen molar-refractivity contribution in [3.05, 3.63) is 0 Å². The van der Waals surface area contributed by atoms with Crippen LogP contribution in [0.15, 0.2) is 0 Å². The average molecular weight is 301 g/mol. The molecule has 1 N–H and O–H groups in total. The summed E-state index contributed by atoms with van der Waals surface area (Å²) in [6.07, 6.45) is 1.20. The molecule has 0 saturated carbocycles. The number of aliphatic hydroxyl groups excluding tert-OH is 1. The van der Waals surface area contributed by atoms with E-state index in [2.05, 4.69) is 4.74 Å². The van der Waals surface area contributed by atoms with E-state index in [4.69, 9.17) is 4.74 Å². The van der Waals surface area contributed by atoms with Gasteiger partial charge in [0, 0.05) is 19.5 Å². The first-order valence-corrected chi connectivity index (χ1v) is 7.45. The van der Waals surface area contributed by atoms with E-state index in [-0.39, 0.29) is 18.0 Å². The van der Waals surface area contributed by atoms with Crippen LogP contribution in [0.25, 0.3) is 0 Å². The fourth-order valence-electron chi connectivity index (χ4n) is 2.40. The smallest absolute Gasteiger partial charge is 0.410 e. The Labute approximate surface area is 126 Å². The monoisotopic (exact) mass is 301 g/mol. The molecule has 1 saturated heterocycles. The number of carbonyl (C=O) groups excluding carboxylic acids is 2. The van der Waals surface area contributed by atoms with Crippen molar-refractivity contribution in [2.75, 3.05) is 20.2 Å². The summed E-state index contributed by atoms with van der Waals surface area (Å²) in [5.74, 6) is -0.257. The Morgan fingerprint density at radius 1 is 1.24 bits per heavy atom. The van der Waals surface area contributed by atoms with Crippen LogP contribution in [0.1, 0.15) is 46.5 Å². The molecule has 0 aromatic heterocycles. The van der Waals surface area contributed by atoms with E-state index in [1.54, 1.807) is 4.90 Å². The molecule has 1 rings (SSSR count). The second-order valence-electron chi connectivity index (χ2n) is 6.49. The third-order valence-electron chi connectivity index (χ3n) is 3.61. The number of likely N-dealkylation sites (tertiary alicyclic amines) is 1. The predicted octanol–water partition coefficient (Wildman–Crippen LogP) is 1.95. The molecule has 21 heavy (non-hydrogen) atoms. The first-order chi connectivity index (χ1) is 9.73. The molecule has 1 heterocycles. The molecular weight excluding hydrogens is 274 g/mol. The van der Waals surface area contributed by atoms with Crippen LogP contribution in [0.5, 0.6) is 0 Å². The van der Waals surface area contributed by atoms with E-state index < -0.39 is 11.7 Å². The summed E-state index contributed by atoms with van der Waals surface area (Å²) in [6, 6.07) is 0. The summed E-state index contributed by atoms with van der Waals surface area (Å²) >= 11 is 0. The van der Waals surface area contributed by atoms with Crippen LogP contribution in [0.3, 0.4) is 0 Å². The predicted molar refractivity (Wildman–Crippen MR) is 77.8 cm³/mol. The summed E-state index contributed by atoms with van der Waals surface area (Å²) < 4.78 is 9.97. The van der Waals surface area contributed by atoms with E-state index >= 15 is 0 Å². The SMILES string of the molecule is COC(=O)CCC1CCN(C(=O)OC(C)(C)C)CCC1O. The Kier molecular flexibility index (Phi) is 6.45. The highest BCUT2D eigenvalue weighted by molar-refractivity contribution is 5.69. The second-order valence-corrected chi connectivity index (χ2v) is 6.49. The van der Waals surface area contributed by atoms with Crippen molar-refractivity contribution in [3.63, 3.8) is 0 Å². The highest BCUT2D eigenvalue weighted by atomic mass is 16.6. The van der Waals surface area contributed by atoms with Gasteiger partial charge in [-0.15, -0.1) is 0 Å². The van der Waals surface area contributed by atoms with Gasteiger partial charge in [0.1, 0.15) is 5.60 Å². The van der Waals surface area contributed by atoms with Crippen LogP contribution in [-0.4, -0.2) is 54.0 Å². The van der Waals surface area contributed by atoms with Gasteiger partial charge in [-0.3, -0.25) is 4.79 Å². The molecule has 1 aliphatic heterocycles. The normalized spacial score (nSPS) is 23.4. The zero-order chi connectivity index (χ0) is 16.0.